The van der Waals surface area contributed by atoms with Crippen LogP contribution in [0.2, 0.25) is 0 Å². The lowest BCUT2D eigenvalue weighted by Crippen LogP contribution is -1.97. The highest BCUT2D eigenvalue weighted by Crippen LogP contribution is 2.08. The fourth-order valence-electron chi connectivity index (χ4n) is 0.818. The van der Waals surface area contributed by atoms with Crippen molar-refractivity contribution in [2.75, 3.05) is 6.54 Å². The van der Waals surface area contributed by atoms with Gasteiger partial charge in [0.2, 0.25) is 0 Å². The monoisotopic (exact) mass is 152 g/mol. The molecule has 62 valence electrons. The standard InChI is InChI=1S/C9H16N2/c1-4-9(8(2)3)7-11-6-5-10/h4-6,8,10H,7H2,1-3H3/b9-4+,10-5?,11-6?. The molecule has 0 aromatic heterocycles. The van der Waals surface area contributed by atoms with Crippen LogP contribution in [0.3, 0.4) is 0 Å². The first-order chi connectivity index (χ1) is 5.22. The summed E-state index contributed by atoms with van der Waals surface area (Å²) in [6.07, 6.45) is 4.81. The molecular formula is C9H16N2. The Morgan fingerprint density at radius 2 is 2.18 bits per heavy atom. The number of hydrogen-bond donors (Lipinski definition) is 1. The molecule has 2 heteroatoms. The summed E-state index contributed by atoms with van der Waals surface area (Å²) >= 11 is 0. The van der Waals surface area contributed by atoms with E-state index >= 15 is 0 Å². The van der Waals surface area contributed by atoms with Gasteiger partial charge in [-0.25, -0.2) is 0 Å². The average Bonchev–Trinajstić information content (AvgIpc) is 1.97. The first-order valence-corrected chi connectivity index (χ1v) is 3.86. The maximum absolute atomic E-state index is 6.72. The maximum Gasteiger partial charge on any atom is 0.0602 e. The van der Waals surface area contributed by atoms with Crippen LogP contribution in [0.1, 0.15) is 20.8 Å². The molecule has 0 amide bonds. The molecule has 0 aliphatic heterocycles. The summed E-state index contributed by atoms with van der Waals surface area (Å²) in [4.78, 5) is 4.05. The van der Waals surface area contributed by atoms with Gasteiger partial charge in [-0.1, -0.05) is 25.5 Å². The number of rotatable bonds is 4. The molecule has 0 aromatic rings. The van der Waals surface area contributed by atoms with E-state index in [0.29, 0.717) is 5.92 Å². The first kappa shape index (κ1) is 10.1. The van der Waals surface area contributed by atoms with Crippen molar-refractivity contribution in [2.24, 2.45) is 10.9 Å². The van der Waals surface area contributed by atoms with Gasteiger partial charge in [0.1, 0.15) is 0 Å². The smallest absolute Gasteiger partial charge is 0.0602 e. The van der Waals surface area contributed by atoms with Crippen LogP contribution in [0.5, 0.6) is 0 Å². The molecule has 0 aromatic carbocycles. The van der Waals surface area contributed by atoms with Gasteiger partial charge in [0.25, 0.3) is 0 Å². The van der Waals surface area contributed by atoms with E-state index in [1.807, 2.05) is 6.92 Å². The van der Waals surface area contributed by atoms with Crippen molar-refractivity contribution in [2.45, 2.75) is 20.8 Å². The van der Waals surface area contributed by atoms with Crippen LogP contribution in [0, 0.1) is 11.3 Å². The van der Waals surface area contributed by atoms with E-state index < -0.39 is 0 Å². The zero-order valence-electron chi connectivity index (χ0n) is 7.46. The van der Waals surface area contributed by atoms with Gasteiger partial charge in [-0.2, -0.15) is 0 Å². The van der Waals surface area contributed by atoms with Gasteiger partial charge in [-0.15, -0.1) is 0 Å². The molecule has 0 aliphatic rings. The maximum atomic E-state index is 6.72. The van der Waals surface area contributed by atoms with E-state index in [1.165, 1.54) is 18.0 Å². The minimum Gasteiger partial charge on any atom is -0.307 e. The third-order valence-electron chi connectivity index (χ3n) is 1.57. The fourth-order valence-corrected chi connectivity index (χ4v) is 0.818. The normalized spacial score (nSPS) is 12.9. The van der Waals surface area contributed by atoms with Crippen LogP contribution in [0.15, 0.2) is 16.6 Å². The Kier molecular flexibility index (Phi) is 5.35. The Balaban J connectivity index is 3.90. The van der Waals surface area contributed by atoms with E-state index in [1.54, 1.807) is 0 Å². The lowest BCUT2D eigenvalue weighted by molar-refractivity contribution is 0.745. The van der Waals surface area contributed by atoms with Gasteiger partial charge >= 0.3 is 0 Å². The lowest BCUT2D eigenvalue weighted by atomic mass is 10.0. The van der Waals surface area contributed by atoms with Gasteiger partial charge in [0.15, 0.2) is 0 Å². The molecule has 2 nitrogen and oxygen atoms in total. The second-order valence-electron chi connectivity index (χ2n) is 2.67. The quantitative estimate of drug-likeness (QED) is 0.474. The summed E-state index contributed by atoms with van der Waals surface area (Å²) in [6, 6.07) is 0. The molecule has 0 spiro atoms. The number of allylic oxidation sites excluding steroid dienone is 1. The first-order valence-electron chi connectivity index (χ1n) is 3.86. The fraction of sp³-hybridized carbons (Fsp3) is 0.556. The summed E-state index contributed by atoms with van der Waals surface area (Å²) in [7, 11) is 0. The molecule has 0 bridgehead atoms. The molecule has 0 saturated carbocycles. The third-order valence-corrected chi connectivity index (χ3v) is 1.57. The highest BCUT2D eigenvalue weighted by Gasteiger charge is 1.98. The second-order valence-corrected chi connectivity index (χ2v) is 2.67. The topological polar surface area (TPSA) is 36.2 Å². The zero-order chi connectivity index (χ0) is 8.69. The van der Waals surface area contributed by atoms with E-state index in [4.69, 9.17) is 5.41 Å². The van der Waals surface area contributed by atoms with Gasteiger partial charge < -0.3 is 5.41 Å². The summed E-state index contributed by atoms with van der Waals surface area (Å²) in [5, 5.41) is 6.72. The summed E-state index contributed by atoms with van der Waals surface area (Å²) in [6.45, 7) is 7.04. The van der Waals surface area contributed by atoms with Crippen molar-refractivity contribution < 1.29 is 0 Å². The molecule has 0 saturated heterocycles. The molecule has 0 unspecified atom stereocenters. The zero-order valence-corrected chi connectivity index (χ0v) is 7.46. The second kappa shape index (κ2) is 5.83. The minimum absolute atomic E-state index is 0.558. The van der Waals surface area contributed by atoms with Crippen LogP contribution in [-0.4, -0.2) is 19.0 Å². The number of aliphatic imine (C=N–C) groups is 1. The van der Waals surface area contributed by atoms with Gasteiger partial charge in [0.05, 0.1) is 6.54 Å². The molecule has 0 heterocycles. The van der Waals surface area contributed by atoms with E-state index in [2.05, 4.69) is 24.9 Å². The molecular weight excluding hydrogens is 136 g/mol. The molecule has 0 aliphatic carbocycles. The van der Waals surface area contributed by atoms with Crippen LogP contribution >= 0.6 is 0 Å². The van der Waals surface area contributed by atoms with Gasteiger partial charge in [-0.05, 0) is 12.8 Å². The van der Waals surface area contributed by atoms with Crippen molar-refractivity contribution in [3.8, 4) is 0 Å². The average molecular weight is 152 g/mol. The SMILES string of the molecule is C/C=C(\CN=CC=N)C(C)C. The third kappa shape index (κ3) is 4.48. The van der Waals surface area contributed by atoms with Crippen molar-refractivity contribution in [1.82, 2.24) is 0 Å². The molecule has 0 atom stereocenters. The summed E-state index contributed by atoms with van der Waals surface area (Å²) in [5.41, 5.74) is 1.32. The van der Waals surface area contributed by atoms with E-state index in [9.17, 15) is 0 Å². The predicted molar refractivity (Wildman–Crippen MR) is 50.7 cm³/mol. The number of nitrogens with zero attached hydrogens (tertiary/aromatic N) is 1. The largest absolute Gasteiger partial charge is 0.307 e. The predicted octanol–water partition coefficient (Wildman–Crippen LogP) is 2.31. The molecule has 0 radical (unpaired) electrons. The highest BCUT2D eigenvalue weighted by molar-refractivity contribution is 6.14. The molecule has 1 N–H and O–H groups in total. The minimum atomic E-state index is 0.558. The molecule has 0 fully saturated rings. The Morgan fingerprint density at radius 3 is 2.55 bits per heavy atom. The Morgan fingerprint density at radius 1 is 1.55 bits per heavy atom. The van der Waals surface area contributed by atoms with Crippen LogP contribution < -0.4 is 0 Å². The Bertz CT molecular complexity index is 166. The summed E-state index contributed by atoms with van der Waals surface area (Å²) < 4.78 is 0. The van der Waals surface area contributed by atoms with Crippen molar-refractivity contribution >= 4 is 12.4 Å². The Hall–Kier alpha value is -0.920. The van der Waals surface area contributed by atoms with Crippen molar-refractivity contribution in [3.05, 3.63) is 11.6 Å². The van der Waals surface area contributed by atoms with E-state index in [-0.39, 0.29) is 0 Å². The van der Waals surface area contributed by atoms with E-state index in [0.717, 1.165) is 6.54 Å². The highest BCUT2D eigenvalue weighted by atomic mass is 14.7. The van der Waals surface area contributed by atoms with Crippen molar-refractivity contribution in [3.63, 3.8) is 0 Å². The van der Waals surface area contributed by atoms with Gasteiger partial charge in [-0.3, -0.25) is 4.99 Å². The Labute approximate surface area is 68.5 Å². The molecule has 0 rings (SSSR count). The lowest BCUT2D eigenvalue weighted by Gasteiger charge is -2.06. The number of nitrogens with one attached hydrogen (secondary N) is 1. The van der Waals surface area contributed by atoms with Crippen LogP contribution in [0.4, 0.5) is 0 Å². The molecule has 11 heavy (non-hydrogen) atoms. The van der Waals surface area contributed by atoms with Crippen LogP contribution in [-0.2, 0) is 0 Å². The van der Waals surface area contributed by atoms with Crippen LogP contribution in [0.25, 0.3) is 0 Å². The van der Waals surface area contributed by atoms with Crippen molar-refractivity contribution in [1.29, 1.82) is 5.41 Å². The van der Waals surface area contributed by atoms with Gasteiger partial charge in [0, 0.05) is 12.4 Å². The number of hydrogen-bond acceptors (Lipinski definition) is 2. The summed E-state index contributed by atoms with van der Waals surface area (Å²) in [5.74, 6) is 0.558.